The summed E-state index contributed by atoms with van der Waals surface area (Å²) < 4.78 is 1.42. The largest absolute Gasteiger partial charge is 0.298 e. The maximum atomic E-state index is 3.22. The average Bonchev–Trinajstić information content (AvgIpc) is 2.80. The molecular formula is C20H25NS. The summed E-state index contributed by atoms with van der Waals surface area (Å²) in [4.78, 5) is 2.32. The van der Waals surface area contributed by atoms with Gasteiger partial charge in [0.15, 0.2) is 0 Å². The normalized spacial score (nSPS) is 12.1. The SMILES string of the molecule is Cc1csc2c(CN(C)C/C=C/C#CC(C)(C)C)cccc12. The molecule has 1 heterocycles. The van der Waals surface area contributed by atoms with Crippen molar-refractivity contribution in [3.63, 3.8) is 0 Å². The summed E-state index contributed by atoms with van der Waals surface area (Å²) in [5.74, 6) is 6.34. The molecule has 0 aliphatic rings. The van der Waals surface area contributed by atoms with E-state index in [0.717, 1.165) is 13.1 Å². The smallest absolute Gasteiger partial charge is 0.0390 e. The second kappa shape index (κ2) is 7.13. The minimum atomic E-state index is 0.0723. The van der Waals surface area contributed by atoms with Gasteiger partial charge in [-0.05, 0) is 62.7 Å². The Labute approximate surface area is 138 Å². The van der Waals surface area contributed by atoms with Crippen LogP contribution < -0.4 is 0 Å². The zero-order valence-electron chi connectivity index (χ0n) is 14.2. The highest BCUT2D eigenvalue weighted by molar-refractivity contribution is 7.17. The van der Waals surface area contributed by atoms with Crippen molar-refractivity contribution >= 4 is 21.4 Å². The summed E-state index contributed by atoms with van der Waals surface area (Å²) in [5.41, 5.74) is 2.86. The van der Waals surface area contributed by atoms with Gasteiger partial charge in [0.05, 0.1) is 0 Å². The molecule has 0 fully saturated rings. The number of likely N-dealkylation sites (N-methyl/N-ethyl adjacent to an activating group) is 1. The molecule has 22 heavy (non-hydrogen) atoms. The van der Waals surface area contributed by atoms with Crippen LogP contribution in [0.4, 0.5) is 0 Å². The fourth-order valence-electron chi connectivity index (χ4n) is 2.27. The molecule has 116 valence electrons. The van der Waals surface area contributed by atoms with E-state index in [2.05, 4.69) is 81.1 Å². The summed E-state index contributed by atoms with van der Waals surface area (Å²) in [6.07, 6.45) is 4.11. The molecule has 0 radical (unpaired) electrons. The van der Waals surface area contributed by atoms with Crippen LogP contribution in [0.3, 0.4) is 0 Å². The Morgan fingerprint density at radius 3 is 2.77 bits per heavy atom. The van der Waals surface area contributed by atoms with Gasteiger partial charge in [0.1, 0.15) is 0 Å². The molecule has 0 atom stereocenters. The van der Waals surface area contributed by atoms with Gasteiger partial charge in [0.2, 0.25) is 0 Å². The molecule has 0 amide bonds. The fourth-order valence-corrected chi connectivity index (χ4v) is 3.34. The standard InChI is InChI=1S/C20H25NS/c1-16-15-22-19-17(10-9-11-18(16)19)14-21(5)13-8-6-7-12-20(2,3)4/h6,8-11,15H,13-14H2,1-5H3/b8-6+. The van der Waals surface area contributed by atoms with Gasteiger partial charge >= 0.3 is 0 Å². The number of rotatable bonds is 4. The molecule has 0 N–H and O–H groups in total. The van der Waals surface area contributed by atoms with E-state index >= 15 is 0 Å². The van der Waals surface area contributed by atoms with Crippen molar-refractivity contribution in [2.24, 2.45) is 5.41 Å². The molecule has 2 heteroatoms. The third-order valence-corrected chi connectivity index (χ3v) is 4.57. The second-order valence-corrected chi connectivity index (χ2v) is 7.71. The molecule has 0 aliphatic heterocycles. The molecule has 0 spiro atoms. The predicted octanol–water partition coefficient (Wildman–Crippen LogP) is 5.25. The lowest BCUT2D eigenvalue weighted by Gasteiger charge is -2.14. The van der Waals surface area contributed by atoms with E-state index in [1.165, 1.54) is 21.2 Å². The number of allylic oxidation sites excluding steroid dienone is 1. The molecule has 0 bridgehead atoms. The minimum absolute atomic E-state index is 0.0723. The van der Waals surface area contributed by atoms with Crippen molar-refractivity contribution < 1.29 is 0 Å². The van der Waals surface area contributed by atoms with E-state index in [0.29, 0.717) is 0 Å². The topological polar surface area (TPSA) is 3.24 Å². The van der Waals surface area contributed by atoms with Gasteiger partial charge in [-0.15, -0.1) is 11.3 Å². The average molecular weight is 311 g/mol. The van der Waals surface area contributed by atoms with Crippen molar-refractivity contribution in [1.29, 1.82) is 0 Å². The third kappa shape index (κ3) is 4.73. The number of hydrogen-bond donors (Lipinski definition) is 0. The van der Waals surface area contributed by atoms with Crippen molar-refractivity contribution in [3.05, 3.63) is 46.9 Å². The highest BCUT2D eigenvalue weighted by Crippen LogP contribution is 2.29. The Kier molecular flexibility index (Phi) is 5.45. The Morgan fingerprint density at radius 1 is 1.27 bits per heavy atom. The number of fused-ring (bicyclic) bond motifs is 1. The number of aryl methyl sites for hydroxylation is 1. The van der Waals surface area contributed by atoms with Crippen LogP contribution in [0.2, 0.25) is 0 Å². The maximum Gasteiger partial charge on any atom is 0.0390 e. The number of hydrogen-bond acceptors (Lipinski definition) is 2. The van der Waals surface area contributed by atoms with Crippen LogP contribution in [0.1, 0.15) is 31.9 Å². The summed E-state index contributed by atoms with van der Waals surface area (Å²) in [6.45, 7) is 10.5. The van der Waals surface area contributed by atoms with Gasteiger partial charge in [-0.3, -0.25) is 4.90 Å². The molecule has 1 aromatic carbocycles. The van der Waals surface area contributed by atoms with Crippen LogP contribution in [-0.4, -0.2) is 18.5 Å². The number of benzene rings is 1. The highest BCUT2D eigenvalue weighted by atomic mass is 32.1. The quantitative estimate of drug-likeness (QED) is 0.697. The van der Waals surface area contributed by atoms with Crippen LogP contribution >= 0.6 is 11.3 Å². The summed E-state index contributed by atoms with van der Waals surface area (Å²) in [7, 11) is 2.15. The van der Waals surface area contributed by atoms with E-state index in [1.54, 1.807) is 0 Å². The monoisotopic (exact) mass is 311 g/mol. The Balaban J connectivity index is 1.98. The Bertz CT molecular complexity index is 719. The number of thiophene rings is 1. The lowest BCUT2D eigenvalue weighted by molar-refractivity contribution is 0.365. The minimum Gasteiger partial charge on any atom is -0.298 e. The van der Waals surface area contributed by atoms with Crippen LogP contribution in [0.5, 0.6) is 0 Å². The van der Waals surface area contributed by atoms with Gasteiger partial charge in [-0.1, -0.05) is 36.1 Å². The van der Waals surface area contributed by atoms with Crippen LogP contribution in [0, 0.1) is 24.2 Å². The van der Waals surface area contributed by atoms with Gasteiger partial charge in [0.25, 0.3) is 0 Å². The molecule has 0 aliphatic carbocycles. The van der Waals surface area contributed by atoms with Crippen molar-refractivity contribution in [2.75, 3.05) is 13.6 Å². The van der Waals surface area contributed by atoms with Gasteiger partial charge in [-0.25, -0.2) is 0 Å². The first kappa shape index (κ1) is 16.8. The first-order valence-electron chi connectivity index (χ1n) is 7.69. The Morgan fingerprint density at radius 2 is 2.05 bits per heavy atom. The molecule has 1 aromatic heterocycles. The molecular weight excluding hydrogens is 286 g/mol. The van der Waals surface area contributed by atoms with Crippen LogP contribution in [0.15, 0.2) is 35.7 Å². The van der Waals surface area contributed by atoms with E-state index < -0.39 is 0 Å². The second-order valence-electron chi connectivity index (χ2n) is 6.83. The molecule has 1 nitrogen and oxygen atoms in total. The molecule has 2 rings (SSSR count). The zero-order valence-corrected chi connectivity index (χ0v) is 15.1. The first-order valence-corrected chi connectivity index (χ1v) is 8.57. The van der Waals surface area contributed by atoms with Gasteiger partial charge in [0, 0.05) is 23.2 Å². The Hall–Kier alpha value is -1.56. The van der Waals surface area contributed by atoms with E-state index in [1.807, 2.05) is 17.4 Å². The van der Waals surface area contributed by atoms with Crippen molar-refractivity contribution in [2.45, 2.75) is 34.2 Å². The van der Waals surface area contributed by atoms with E-state index in [-0.39, 0.29) is 5.41 Å². The first-order chi connectivity index (χ1) is 10.4. The third-order valence-electron chi connectivity index (χ3n) is 3.38. The molecule has 0 saturated carbocycles. The fraction of sp³-hybridized carbons (Fsp3) is 0.400. The molecule has 0 unspecified atom stereocenters. The number of nitrogens with zero attached hydrogens (tertiary/aromatic N) is 1. The lowest BCUT2D eigenvalue weighted by Crippen LogP contribution is -2.17. The van der Waals surface area contributed by atoms with Crippen molar-refractivity contribution in [3.8, 4) is 11.8 Å². The zero-order chi connectivity index (χ0) is 16.2. The summed E-state index contributed by atoms with van der Waals surface area (Å²) in [6, 6.07) is 6.61. The lowest BCUT2D eigenvalue weighted by atomic mass is 9.98. The van der Waals surface area contributed by atoms with Crippen LogP contribution in [-0.2, 0) is 6.54 Å². The van der Waals surface area contributed by atoms with E-state index in [9.17, 15) is 0 Å². The van der Waals surface area contributed by atoms with Crippen molar-refractivity contribution in [1.82, 2.24) is 4.90 Å². The maximum absolute atomic E-state index is 3.22. The van der Waals surface area contributed by atoms with Gasteiger partial charge < -0.3 is 0 Å². The summed E-state index contributed by atoms with van der Waals surface area (Å²) >= 11 is 1.85. The van der Waals surface area contributed by atoms with Gasteiger partial charge in [-0.2, -0.15) is 0 Å². The summed E-state index contributed by atoms with van der Waals surface area (Å²) in [5, 5.41) is 3.64. The predicted molar refractivity (Wildman–Crippen MR) is 99.3 cm³/mol. The molecule has 2 aromatic rings. The highest BCUT2D eigenvalue weighted by Gasteiger charge is 2.07. The van der Waals surface area contributed by atoms with E-state index in [4.69, 9.17) is 0 Å². The molecule has 0 saturated heterocycles. The van der Waals surface area contributed by atoms with Crippen LogP contribution in [0.25, 0.3) is 10.1 Å².